The minimum Gasteiger partial charge on any atom is -0.315 e. The van der Waals surface area contributed by atoms with Gasteiger partial charge in [-0.3, -0.25) is 0 Å². The number of carbonyl (C=O) groups excluding carboxylic acids is 1. The second kappa shape index (κ2) is 3.10. The van der Waals surface area contributed by atoms with E-state index >= 15 is 0 Å². The van der Waals surface area contributed by atoms with E-state index in [0.29, 0.717) is 0 Å². The van der Waals surface area contributed by atoms with E-state index in [2.05, 4.69) is 9.97 Å². The molecule has 0 N–H and O–H groups in total. The van der Waals surface area contributed by atoms with Crippen molar-refractivity contribution in [1.29, 1.82) is 0 Å². The Kier molecular flexibility index (Phi) is 1.79. The lowest BCUT2D eigenvalue weighted by Gasteiger charge is -2.01. The molecule has 0 spiro atoms. The predicted molar refractivity (Wildman–Crippen MR) is 41.8 cm³/mol. The molecule has 0 saturated carbocycles. The van der Waals surface area contributed by atoms with E-state index < -0.39 is 6.09 Å². The number of rotatable bonds is 1. The van der Waals surface area contributed by atoms with Crippen molar-refractivity contribution in [2.45, 2.75) is 0 Å². The Hall–Kier alpha value is -2.11. The summed E-state index contributed by atoms with van der Waals surface area (Å²) in [5.74, 6) is 0. The summed E-state index contributed by atoms with van der Waals surface area (Å²) in [6.45, 7) is 0. The summed E-state index contributed by atoms with van der Waals surface area (Å²) >= 11 is 0. The second-order valence-electron chi connectivity index (χ2n) is 2.25. The normalized spacial score (nSPS) is 9.85. The molecule has 0 fully saturated rings. The Balaban J connectivity index is 2.08. The molecular formula is C7H6N4O2. The largest absolute Gasteiger partial charge is 0.444 e. The number of imidazole rings is 2. The first kappa shape index (κ1) is 7.53. The summed E-state index contributed by atoms with van der Waals surface area (Å²) in [6, 6.07) is 0. The van der Waals surface area contributed by atoms with Gasteiger partial charge in [-0.05, 0) is 0 Å². The standard InChI is InChI=1S/C7H6N4O2/c12-7(10-3-1-8-5-10)13-11-4-2-9-6-11/h1-6H. The fraction of sp³-hybridized carbons (Fsp3) is 0. The molecule has 0 aliphatic heterocycles. The van der Waals surface area contributed by atoms with Gasteiger partial charge in [0.2, 0.25) is 0 Å². The molecule has 66 valence electrons. The summed E-state index contributed by atoms with van der Waals surface area (Å²) in [5, 5.41) is 0. The Morgan fingerprint density at radius 1 is 1.15 bits per heavy atom. The molecule has 0 bridgehead atoms. The zero-order valence-electron chi connectivity index (χ0n) is 6.57. The van der Waals surface area contributed by atoms with Crippen LogP contribution < -0.4 is 4.84 Å². The van der Waals surface area contributed by atoms with Crippen LogP contribution in [0.15, 0.2) is 37.4 Å². The van der Waals surface area contributed by atoms with Crippen LogP contribution in [0.2, 0.25) is 0 Å². The Morgan fingerprint density at radius 3 is 2.54 bits per heavy atom. The third kappa shape index (κ3) is 1.56. The molecule has 0 aliphatic carbocycles. The molecule has 0 amide bonds. The summed E-state index contributed by atoms with van der Waals surface area (Å²) in [5.41, 5.74) is 0. The van der Waals surface area contributed by atoms with Gasteiger partial charge >= 0.3 is 6.09 Å². The van der Waals surface area contributed by atoms with Crippen molar-refractivity contribution >= 4 is 6.09 Å². The van der Waals surface area contributed by atoms with E-state index in [-0.39, 0.29) is 0 Å². The van der Waals surface area contributed by atoms with Crippen molar-refractivity contribution in [3.8, 4) is 0 Å². The minimum atomic E-state index is -0.532. The van der Waals surface area contributed by atoms with Gasteiger partial charge in [-0.1, -0.05) is 0 Å². The van der Waals surface area contributed by atoms with Gasteiger partial charge in [0, 0.05) is 18.6 Å². The van der Waals surface area contributed by atoms with Crippen molar-refractivity contribution in [3.63, 3.8) is 0 Å². The van der Waals surface area contributed by atoms with Gasteiger partial charge < -0.3 is 4.84 Å². The van der Waals surface area contributed by atoms with Crippen LogP contribution in [-0.2, 0) is 0 Å². The maximum atomic E-state index is 11.2. The number of aromatic nitrogens is 4. The first-order chi connectivity index (χ1) is 6.36. The van der Waals surface area contributed by atoms with Crippen molar-refractivity contribution in [3.05, 3.63) is 37.4 Å². The first-order valence-electron chi connectivity index (χ1n) is 3.55. The van der Waals surface area contributed by atoms with E-state index in [4.69, 9.17) is 4.84 Å². The molecule has 13 heavy (non-hydrogen) atoms. The van der Waals surface area contributed by atoms with Crippen molar-refractivity contribution in [1.82, 2.24) is 19.3 Å². The zero-order valence-corrected chi connectivity index (χ0v) is 6.57. The van der Waals surface area contributed by atoms with Crippen LogP contribution in [0.3, 0.4) is 0 Å². The molecule has 6 heteroatoms. The molecular weight excluding hydrogens is 172 g/mol. The Labute approximate surface area is 73.4 Å². The number of hydrogen-bond acceptors (Lipinski definition) is 4. The van der Waals surface area contributed by atoms with Crippen molar-refractivity contribution in [2.24, 2.45) is 0 Å². The molecule has 0 atom stereocenters. The monoisotopic (exact) mass is 178 g/mol. The highest BCUT2D eigenvalue weighted by atomic mass is 16.7. The molecule has 2 heterocycles. The molecule has 2 aromatic heterocycles. The molecule has 2 rings (SSSR count). The van der Waals surface area contributed by atoms with Crippen molar-refractivity contribution in [2.75, 3.05) is 0 Å². The quantitative estimate of drug-likeness (QED) is 0.624. The Morgan fingerprint density at radius 2 is 1.92 bits per heavy atom. The molecule has 0 aliphatic rings. The van der Waals surface area contributed by atoms with Crippen LogP contribution in [-0.4, -0.2) is 25.4 Å². The van der Waals surface area contributed by atoms with Gasteiger partial charge in [0.1, 0.15) is 12.7 Å². The van der Waals surface area contributed by atoms with E-state index in [1.165, 1.54) is 46.7 Å². The average Bonchev–Trinajstić information content (AvgIpc) is 2.74. The van der Waals surface area contributed by atoms with E-state index in [1.54, 1.807) is 0 Å². The van der Waals surface area contributed by atoms with Gasteiger partial charge in [0.15, 0.2) is 0 Å². The minimum absolute atomic E-state index is 0.532. The van der Waals surface area contributed by atoms with Gasteiger partial charge in [0.05, 0.1) is 6.20 Å². The molecule has 0 unspecified atom stereocenters. The van der Waals surface area contributed by atoms with Gasteiger partial charge in [-0.25, -0.2) is 19.3 Å². The van der Waals surface area contributed by atoms with E-state index in [0.717, 1.165) is 0 Å². The number of nitrogens with zero attached hydrogens (tertiary/aromatic N) is 4. The van der Waals surface area contributed by atoms with Gasteiger partial charge in [-0.15, -0.1) is 0 Å². The predicted octanol–water partition coefficient (Wildman–Crippen LogP) is 0.176. The van der Waals surface area contributed by atoms with Crippen LogP contribution in [0.1, 0.15) is 0 Å². The van der Waals surface area contributed by atoms with Crippen LogP contribution in [0.25, 0.3) is 0 Å². The first-order valence-corrected chi connectivity index (χ1v) is 3.55. The smallest absolute Gasteiger partial charge is 0.315 e. The van der Waals surface area contributed by atoms with E-state index in [9.17, 15) is 4.79 Å². The third-order valence-corrected chi connectivity index (χ3v) is 1.38. The molecule has 6 nitrogen and oxygen atoms in total. The maximum Gasteiger partial charge on any atom is 0.444 e. The zero-order chi connectivity index (χ0) is 9.10. The lowest BCUT2D eigenvalue weighted by atomic mass is 10.9. The Bertz CT molecular complexity index is 379. The highest BCUT2D eigenvalue weighted by Crippen LogP contribution is 1.88. The lowest BCUT2D eigenvalue weighted by molar-refractivity contribution is 0.134. The molecule has 2 aromatic rings. The number of carbonyl (C=O) groups is 1. The third-order valence-electron chi connectivity index (χ3n) is 1.38. The highest BCUT2D eigenvalue weighted by Gasteiger charge is 2.04. The molecule has 0 saturated heterocycles. The summed E-state index contributed by atoms with van der Waals surface area (Å²) in [4.78, 5) is 23.5. The fourth-order valence-corrected chi connectivity index (χ4v) is 0.805. The maximum absolute atomic E-state index is 11.2. The van der Waals surface area contributed by atoms with Crippen molar-refractivity contribution < 1.29 is 9.63 Å². The topological polar surface area (TPSA) is 61.9 Å². The van der Waals surface area contributed by atoms with Crippen LogP contribution in [0, 0.1) is 0 Å². The van der Waals surface area contributed by atoms with Gasteiger partial charge in [-0.2, -0.15) is 4.73 Å². The van der Waals surface area contributed by atoms with Crippen LogP contribution in [0.5, 0.6) is 0 Å². The highest BCUT2D eigenvalue weighted by molar-refractivity contribution is 5.70. The van der Waals surface area contributed by atoms with Gasteiger partial charge in [0.25, 0.3) is 0 Å². The summed E-state index contributed by atoms with van der Waals surface area (Å²) in [7, 11) is 0. The molecule has 0 radical (unpaired) electrons. The van der Waals surface area contributed by atoms with Crippen LogP contribution >= 0.6 is 0 Å². The lowest BCUT2D eigenvalue weighted by Crippen LogP contribution is -2.22. The second-order valence-corrected chi connectivity index (χ2v) is 2.25. The number of hydrogen-bond donors (Lipinski definition) is 0. The average molecular weight is 178 g/mol. The summed E-state index contributed by atoms with van der Waals surface area (Å²) in [6.07, 6.45) is 8.24. The summed E-state index contributed by atoms with van der Waals surface area (Å²) < 4.78 is 2.43. The SMILES string of the molecule is O=C(On1ccnc1)n1ccnc1. The fourth-order valence-electron chi connectivity index (χ4n) is 0.805. The van der Waals surface area contributed by atoms with Crippen LogP contribution in [0.4, 0.5) is 4.79 Å². The van der Waals surface area contributed by atoms with E-state index in [1.807, 2.05) is 0 Å². The molecule has 0 aromatic carbocycles.